The number of rotatable bonds is 15. The summed E-state index contributed by atoms with van der Waals surface area (Å²) in [5.74, 6) is -2.24. The fourth-order valence-corrected chi connectivity index (χ4v) is 7.65. The lowest BCUT2D eigenvalue weighted by Crippen LogP contribution is -2.59. The number of carbonyl (C=O) groups excluding carboxylic acids is 3. The standard InChI is InChI=1S/C34H49N3O5/c1-7-11-21-35(19-8-2)32(41)29-34-18-17-33(10-4,42-34)27(28(34)31(40)37(29)26(23-38)24(5)6)30(39)36(20-9-3)22-25-15-13-12-14-16-25/h8-9,12-16,24,26-29,38H,2-3,7,10-11,17-23H2,1,4-6H3/t26-,27-,28-,29?,33+,34?/m0/s1. The van der Waals surface area contributed by atoms with Crippen molar-refractivity contribution in [3.05, 3.63) is 61.2 Å². The molecule has 42 heavy (non-hydrogen) atoms. The number of amides is 3. The van der Waals surface area contributed by atoms with Crippen LogP contribution >= 0.6 is 0 Å². The topological polar surface area (TPSA) is 90.4 Å². The van der Waals surface area contributed by atoms with Crippen LogP contribution in [-0.2, 0) is 25.7 Å². The van der Waals surface area contributed by atoms with E-state index in [1.54, 1.807) is 26.9 Å². The molecule has 8 heteroatoms. The van der Waals surface area contributed by atoms with Gasteiger partial charge in [-0.3, -0.25) is 14.4 Å². The van der Waals surface area contributed by atoms with Gasteiger partial charge in [0.25, 0.3) is 0 Å². The van der Waals surface area contributed by atoms with Crippen molar-refractivity contribution >= 4 is 17.7 Å². The van der Waals surface area contributed by atoms with Crippen LogP contribution in [0.25, 0.3) is 0 Å². The van der Waals surface area contributed by atoms with E-state index in [0.29, 0.717) is 45.4 Å². The van der Waals surface area contributed by atoms with Crippen LogP contribution in [0, 0.1) is 17.8 Å². The Balaban J connectivity index is 1.82. The van der Waals surface area contributed by atoms with Crippen molar-refractivity contribution in [2.75, 3.05) is 26.2 Å². The molecule has 230 valence electrons. The number of unbranched alkanes of at least 4 members (excludes halogenated alkanes) is 1. The second kappa shape index (κ2) is 13.1. The summed E-state index contributed by atoms with van der Waals surface area (Å²) in [4.78, 5) is 48.9. The number of aliphatic hydroxyl groups is 1. The molecule has 0 aromatic heterocycles. The molecule has 3 amide bonds. The van der Waals surface area contributed by atoms with E-state index in [1.165, 1.54) is 0 Å². The first-order valence-electron chi connectivity index (χ1n) is 15.6. The molecule has 1 aromatic rings. The maximum Gasteiger partial charge on any atom is 0.248 e. The Labute approximate surface area is 251 Å². The number of aliphatic hydroxyl groups excluding tert-OH is 1. The van der Waals surface area contributed by atoms with Gasteiger partial charge in [0.05, 0.1) is 30.1 Å². The lowest BCUT2D eigenvalue weighted by atomic mass is 9.64. The van der Waals surface area contributed by atoms with E-state index in [0.717, 1.165) is 18.4 Å². The molecule has 3 saturated heterocycles. The number of nitrogens with zero attached hydrogens (tertiary/aromatic N) is 3. The summed E-state index contributed by atoms with van der Waals surface area (Å²) in [6.45, 7) is 17.1. The van der Waals surface area contributed by atoms with Crippen LogP contribution in [0.5, 0.6) is 0 Å². The lowest BCUT2D eigenvalue weighted by molar-refractivity contribution is -0.159. The number of fused-ring (bicyclic) bond motifs is 1. The summed E-state index contributed by atoms with van der Waals surface area (Å²) >= 11 is 0. The van der Waals surface area contributed by atoms with Crippen LogP contribution in [0.2, 0.25) is 0 Å². The van der Waals surface area contributed by atoms with E-state index in [2.05, 4.69) is 20.1 Å². The van der Waals surface area contributed by atoms with Gasteiger partial charge in [0, 0.05) is 26.2 Å². The third-order valence-corrected chi connectivity index (χ3v) is 9.75. The van der Waals surface area contributed by atoms with E-state index < -0.39 is 35.1 Å². The van der Waals surface area contributed by atoms with Gasteiger partial charge in [-0.25, -0.2) is 0 Å². The molecule has 1 N–H and O–H groups in total. The summed E-state index contributed by atoms with van der Waals surface area (Å²) in [7, 11) is 0. The third-order valence-electron chi connectivity index (χ3n) is 9.75. The molecule has 3 aliphatic heterocycles. The maximum atomic E-state index is 14.7. The van der Waals surface area contributed by atoms with Crippen molar-refractivity contribution in [1.82, 2.24) is 14.7 Å². The minimum Gasteiger partial charge on any atom is -0.394 e. The van der Waals surface area contributed by atoms with Gasteiger partial charge in [-0.15, -0.1) is 13.2 Å². The molecule has 2 unspecified atom stereocenters. The first-order chi connectivity index (χ1) is 20.2. The highest BCUT2D eigenvalue weighted by Crippen LogP contribution is 2.65. The van der Waals surface area contributed by atoms with Crippen molar-refractivity contribution in [3.8, 4) is 0 Å². The second-order valence-corrected chi connectivity index (χ2v) is 12.5. The van der Waals surface area contributed by atoms with Gasteiger partial charge in [0.2, 0.25) is 17.7 Å². The molecule has 0 saturated carbocycles. The largest absolute Gasteiger partial charge is 0.394 e. The quantitative estimate of drug-likeness (QED) is 0.315. The van der Waals surface area contributed by atoms with Crippen LogP contribution in [0.1, 0.15) is 65.4 Å². The van der Waals surface area contributed by atoms with Crippen molar-refractivity contribution in [2.24, 2.45) is 17.8 Å². The van der Waals surface area contributed by atoms with E-state index in [4.69, 9.17) is 4.74 Å². The van der Waals surface area contributed by atoms with Gasteiger partial charge in [0.1, 0.15) is 11.6 Å². The molecule has 3 aliphatic rings. The Morgan fingerprint density at radius 2 is 1.76 bits per heavy atom. The van der Waals surface area contributed by atoms with Gasteiger partial charge >= 0.3 is 0 Å². The Morgan fingerprint density at radius 1 is 1.10 bits per heavy atom. The molecule has 3 heterocycles. The summed E-state index contributed by atoms with van der Waals surface area (Å²) in [6, 6.07) is 8.29. The van der Waals surface area contributed by atoms with Gasteiger partial charge in [-0.1, -0.05) is 76.6 Å². The Hall–Kier alpha value is -2.97. The number of hydrogen-bond acceptors (Lipinski definition) is 5. The molecule has 1 spiro atoms. The molecular weight excluding hydrogens is 530 g/mol. The van der Waals surface area contributed by atoms with E-state index in [1.807, 2.05) is 51.1 Å². The number of ether oxygens (including phenoxy) is 1. The van der Waals surface area contributed by atoms with Crippen molar-refractivity contribution < 1.29 is 24.2 Å². The number of likely N-dealkylation sites (tertiary alicyclic amines) is 1. The monoisotopic (exact) mass is 579 g/mol. The average Bonchev–Trinajstić information content (AvgIpc) is 3.59. The third kappa shape index (κ3) is 5.32. The van der Waals surface area contributed by atoms with Crippen LogP contribution in [0.4, 0.5) is 0 Å². The Bertz CT molecular complexity index is 1160. The molecule has 3 fully saturated rings. The number of carbonyl (C=O) groups is 3. The second-order valence-electron chi connectivity index (χ2n) is 12.5. The fraction of sp³-hybridized carbons (Fsp3) is 0.618. The number of hydrogen-bond donors (Lipinski definition) is 1. The van der Waals surface area contributed by atoms with Gasteiger partial charge in [-0.2, -0.15) is 0 Å². The van der Waals surface area contributed by atoms with Crippen molar-refractivity contribution in [1.29, 1.82) is 0 Å². The summed E-state index contributed by atoms with van der Waals surface area (Å²) in [5.41, 5.74) is -0.983. The highest BCUT2D eigenvalue weighted by atomic mass is 16.5. The molecule has 1 aromatic carbocycles. The molecule has 8 nitrogen and oxygen atoms in total. The Kier molecular flexibility index (Phi) is 9.99. The molecule has 0 radical (unpaired) electrons. The molecular formula is C34H49N3O5. The zero-order valence-electron chi connectivity index (χ0n) is 25.8. The van der Waals surface area contributed by atoms with Crippen LogP contribution in [0.3, 0.4) is 0 Å². The smallest absolute Gasteiger partial charge is 0.248 e. The van der Waals surface area contributed by atoms with Crippen molar-refractivity contribution in [3.63, 3.8) is 0 Å². The van der Waals surface area contributed by atoms with E-state index >= 15 is 0 Å². The van der Waals surface area contributed by atoms with Crippen LogP contribution in [0.15, 0.2) is 55.6 Å². The van der Waals surface area contributed by atoms with Crippen LogP contribution in [-0.4, -0.2) is 87.1 Å². The highest BCUT2D eigenvalue weighted by Gasteiger charge is 2.79. The van der Waals surface area contributed by atoms with Gasteiger partial charge < -0.3 is 24.5 Å². The Morgan fingerprint density at radius 3 is 2.33 bits per heavy atom. The maximum absolute atomic E-state index is 14.7. The minimum absolute atomic E-state index is 0.102. The summed E-state index contributed by atoms with van der Waals surface area (Å²) in [5, 5.41) is 10.5. The zero-order valence-corrected chi connectivity index (χ0v) is 25.8. The van der Waals surface area contributed by atoms with Crippen LogP contribution < -0.4 is 0 Å². The molecule has 6 atom stereocenters. The summed E-state index contributed by atoms with van der Waals surface area (Å²) < 4.78 is 6.98. The normalized spacial score (nSPS) is 28.6. The van der Waals surface area contributed by atoms with E-state index in [9.17, 15) is 19.5 Å². The predicted molar refractivity (Wildman–Crippen MR) is 163 cm³/mol. The lowest BCUT2D eigenvalue weighted by Gasteiger charge is -2.40. The van der Waals surface area contributed by atoms with Crippen molar-refractivity contribution in [2.45, 2.75) is 89.6 Å². The first kappa shape index (κ1) is 32.0. The van der Waals surface area contributed by atoms with Gasteiger partial charge in [-0.05, 0) is 37.2 Å². The molecule has 0 aliphatic carbocycles. The number of benzene rings is 1. The van der Waals surface area contributed by atoms with Gasteiger partial charge in [0.15, 0.2) is 0 Å². The molecule has 4 rings (SSSR count). The predicted octanol–water partition coefficient (Wildman–Crippen LogP) is 4.19. The fourth-order valence-electron chi connectivity index (χ4n) is 7.65. The highest BCUT2D eigenvalue weighted by molar-refractivity contribution is 5.99. The summed E-state index contributed by atoms with van der Waals surface area (Å²) in [6.07, 6.45) is 6.82. The minimum atomic E-state index is -1.13. The van der Waals surface area contributed by atoms with E-state index in [-0.39, 0.29) is 30.2 Å². The zero-order chi connectivity index (χ0) is 30.7. The first-order valence-corrected chi connectivity index (χ1v) is 15.6. The SMILES string of the molecule is C=CCN(CCCC)C(=O)C1N([C@@H](CO)C(C)C)C(=O)[C@@H]2[C@@H](C(=O)N(CC=C)Cc3ccccc3)[C@@]3(CC)CCC12O3. The molecule has 2 bridgehead atoms. The average molecular weight is 580 g/mol.